The molecule has 0 N–H and O–H groups in total. The zero-order chi connectivity index (χ0) is 19.4. The van der Waals surface area contributed by atoms with Gasteiger partial charge in [-0.05, 0) is 80.5 Å². The molecule has 3 aromatic rings. The molecule has 1 heterocycles. The van der Waals surface area contributed by atoms with Crippen molar-refractivity contribution < 1.29 is 9.53 Å². The van der Waals surface area contributed by atoms with E-state index in [0.717, 1.165) is 59.6 Å². The summed E-state index contributed by atoms with van der Waals surface area (Å²) in [4.78, 5) is 18.9. The van der Waals surface area contributed by atoms with Gasteiger partial charge in [-0.15, -0.1) is 0 Å². The maximum absolute atomic E-state index is 14.1. The van der Waals surface area contributed by atoms with Gasteiger partial charge < -0.3 is 4.74 Å². The number of ether oxygens (including phenoxy) is 1. The molecule has 4 fully saturated rings. The highest BCUT2D eigenvalue weighted by Gasteiger charge is 2.55. The molecule has 0 unspecified atom stereocenters. The van der Waals surface area contributed by atoms with Gasteiger partial charge in [0, 0.05) is 0 Å². The zero-order valence-corrected chi connectivity index (χ0v) is 16.6. The molecule has 0 spiro atoms. The van der Waals surface area contributed by atoms with Crippen molar-refractivity contribution in [2.45, 2.75) is 45.1 Å². The first-order chi connectivity index (χ1) is 14.2. The number of benzene rings is 2. The van der Waals surface area contributed by atoms with Gasteiger partial charge in [-0.1, -0.05) is 30.3 Å². The number of aromatic nitrogens is 2. The summed E-state index contributed by atoms with van der Waals surface area (Å²) in [5, 5.41) is 0. The molecule has 0 amide bonds. The summed E-state index contributed by atoms with van der Waals surface area (Å²) in [6.45, 7) is 0.302. The molecule has 0 aliphatic heterocycles. The average molecular weight is 386 g/mol. The molecule has 2 aromatic carbocycles. The smallest absolute Gasteiger partial charge is 0.238 e. The third kappa shape index (κ3) is 2.80. The number of para-hydroxylation sites is 3. The van der Waals surface area contributed by atoms with E-state index in [2.05, 4.69) is 0 Å². The van der Waals surface area contributed by atoms with Crippen LogP contribution in [0, 0.1) is 23.2 Å². The topological polar surface area (TPSA) is 44.1 Å². The SMILES string of the molecule is O=C(n1c(COc2ccccc2)nc2ccccc21)C12CC3CC(CC(C3)C1)C2. The van der Waals surface area contributed by atoms with Crippen molar-refractivity contribution in [3.8, 4) is 5.75 Å². The summed E-state index contributed by atoms with van der Waals surface area (Å²) in [5.74, 6) is 4.00. The van der Waals surface area contributed by atoms with E-state index < -0.39 is 0 Å². The van der Waals surface area contributed by atoms with E-state index in [4.69, 9.17) is 9.72 Å². The Kier molecular flexibility index (Phi) is 3.84. The number of nitrogens with zero attached hydrogens (tertiary/aromatic N) is 2. The van der Waals surface area contributed by atoms with E-state index in [1.807, 2.05) is 59.2 Å². The Bertz CT molecular complexity index is 1030. The lowest BCUT2D eigenvalue weighted by atomic mass is 9.49. The number of imidazole rings is 1. The standard InChI is InChI=1S/C25H26N2O2/c28-24(25-13-17-10-18(14-25)12-19(11-17)15-25)27-22-9-5-4-8-21(22)26-23(27)16-29-20-6-2-1-3-7-20/h1-9,17-19H,10-16H2. The van der Waals surface area contributed by atoms with Gasteiger partial charge in [0.2, 0.25) is 5.91 Å². The Morgan fingerprint density at radius 3 is 2.24 bits per heavy atom. The zero-order valence-electron chi connectivity index (χ0n) is 16.6. The van der Waals surface area contributed by atoms with E-state index in [1.54, 1.807) is 0 Å². The summed E-state index contributed by atoms with van der Waals surface area (Å²) >= 11 is 0. The molecule has 7 rings (SSSR count). The van der Waals surface area contributed by atoms with Gasteiger partial charge in [-0.25, -0.2) is 4.98 Å². The van der Waals surface area contributed by atoms with Gasteiger partial charge in [-0.3, -0.25) is 9.36 Å². The maximum Gasteiger partial charge on any atom is 0.238 e. The normalized spacial score (nSPS) is 30.0. The Labute approximate surface area is 170 Å². The number of carbonyl (C=O) groups is 1. The van der Waals surface area contributed by atoms with Crippen LogP contribution in [0.25, 0.3) is 11.0 Å². The van der Waals surface area contributed by atoms with Crippen LogP contribution < -0.4 is 4.74 Å². The molecular weight excluding hydrogens is 360 g/mol. The van der Waals surface area contributed by atoms with Gasteiger partial charge in [0.1, 0.15) is 12.4 Å². The average Bonchev–Trinajstić information content (AvgIpc) is 3.10. The molecule has 1 aromatic heterocycles. The van der Waals surface area contributed by atoms with Crippen molar-refractivity contribution in [1.29, 1.82) is 0 Å². The fourth-order valence-corrected chi connectivity index (χ4v) is 6.67. The predicted molar refractivity (Wildman–Crippen MR) is 112 cm³/mol. The summed E-state index contributed by atoms with van der Waals surface area (Å²) in [5.41, 5.74) is 1.59. The van der Waals surface area contributed by atoms with Crippen LogP contribution in [0.3, 0.4) is 0 Å². The van der Waals surface area contributed by atoms with Crippen molar-refractivity contribution in [3.63, 3.8) is 0 Å². The lowest BCUT2D eigenvalue weighted by Gasteiger charge is -2.55. The second kappa shape index (κ2) is 6.45. The van der Waals surface area contributed by atoms with Gasteiger partial charge >= 0.3 is 0 Å². The first kappa shape index (κ1) is 17.3. The Balaban J connectivity index is 1.39. The van der Waals surface area contributed by atoms with E-state index in [0.29, 0.717) is 6.61 Å². The number of fused-ring (bicyclic) bond motifs is 1. The quantitative estimate of drug-likeness (QED) is 0.597. The predicted octanol–water partition coefficient (Wildman–Crippen LogP) is 5.47. The highest BCUT2D eigenvalue weighted by Crippen LogP contribution is 2.60. The second-order valence-electron chi connectivity index (χ2n) is 9.46. The highest BCUT2D eigenvalue weighted by atomic mass is 16.5. The summed E-state index contributed by atoms with van der Waals surface area (Å²) in [7, 11) is 0. The third-order valence-corrected chi connectivity index (χ3v) is 7.44. The minimum atomic E-state index is -0.195. The molecule has 4 aliphatic rings. The van der Waals surface area contributed by atoms with Crippen LogP contribution >= 0.6 is 0 Å². The molecule has 4 nitrogen and oxygen atoms in total. The molecule has 0 saturated heterocycles. The first-order valence-electron chi connectivity index (χ1n) is 10.9. The summed E-state index contributed by atoms with van der Waals surface area (Å²) < 4.78 is 7.89. The first-order valence-corrected chi connectivity index (χ1v) is 10.9. The van der Waals surface area contributed by atoms with Crippen LogP contribution in [0.15, 0.2) is 54.6 Å². The minimum Gasteiger partial charge on any atom is -0.486 e. The van der Waals surface area contributed by atoms with E-state index in [9.17, 15) is 4.79 Å². The van der Waals surface area contributed by atoms with Crippen molar-refractivity contribution >= 4 is 16.9 Å². The van der Waals surface area contributed by atoms with Crippen molar-refractivity contribution in [1.82, 2.24) is 9.55 Å². The van der Waals surface area contributed by atoms with E-state index >= 15 is 0 Å². The highest BCUT2D eigenvalue weighted by molar-refractivity contribution is 5.94. The van der Waals surface area contributed by atoms with E-state index in [1.165, 1.54) is 19.3 Å². The number of hydrogen-bond donors (Lipinski definition) is 0. The minimum absolute atomic E-state index is 0.195. The van der Waals surface area contributed by atoms with Crippen molar-refractivity contribution in [2.24, 2.45) is 23.2 Å². The fourth-order valence-electron chi connectivity index (χ4n) is 6.67. The Morgan fingerprint density at radius 1 is 0.931 bits per heavy atom. The molecule has 0 atom stereocenters. The Morgan fingerprint density at radius 2 is 1.55 bits per heavy atom. The monoisotopic (exact) mass is 386 g/mol. The van der Waals surface area contributed by atoms with Crippen molar-refractivity contribution in [3.05, 3.63) is 60.4 Å². The Hall–Kier alpha value is -2.62. The number of rotatable bonds is 4. The van der Waals surface area contributed by atoms with Gasteiger partial charge in [0.25, 0.3) is 0 Å². The molecule has 0 radical (unpaired) electrons. The van der Waals surface area contributed by atoms with Crippen LogP contribution in [-0.4, -0.2) is 15.5 Å². The third-order valence-electron chi connectivity index (χ3n) is 7.44. The molecule has 29 heavy (non-hydrogen) atoms. The van der Waals surface area contributed by atoms with Crippen LogP contribution in [-0.2, 0) is 6.61 Å². The second-order valence-corrected chi connectivity index (χ2v) is 9.46. The summed E-state index contributed by atoms with van der Waals surface area (Å²) in [6.07, 6.45) is 7.18. The van der Waals surface area contributed by atoms with Crippen LogP contribution in [0.4, 0.5) is 0 Å². The van der Waals surface area contributed by atoms with Crippen LogP contribution in [0.2, 0.25) is 0 Å². The molecule has 4 heteroatoms. The largest absolute Gasteiger partial charge is 0.486 e. The van der Waals surface area contributed by atoms with Crippen LogP contribution in [0.1, 0.15) is 49.1 Å². The molecular formula is C25H26N2O2. The lowest BCUT2D eigenvalue weighted by Crippen LogP contribution is -2.51. The van der Waals surface area contributed by atoms with Gasteiger partial charge in [0.15, 0.2) is 5.82 Å². The molecule has 148 valence electrons. The van der Waals surface area contributed by atoms with Crippen LogP contribution in [0.5, 0.6) is 5.75 Å². The molecule has 4 saturated carbocycles. The number of carbonyl (C=O) groups excluding carboxylic acids is 1. The van der Waals surface area contributed by atoms with Crippen molar-refractivity contribution in [2.75, 3.05) is 0 Å². The maximum atomic E-state index is 14.1. The molecule has 4 aliphatic carbocycles. The number of hydrogen-bond acceptors (Lipinski definition) is 3. The fraction of sp³-hybridized carbons (Fsp3) is 0.440. The molecule has 4 bridgehead atoms. The van der Waals surface area contributed by atoms with Gasteiger partial charge in [-0.2, -0.15) is 0 Å². The lowest BCUT2D eigenvalue weighted by molar-refractivity contribution is -0.0401. The summed E-state index contributed by atoms with van der Waals surface area (Å²) in [6, 6.07) is 17.8. The van der Waals surface area contributed by atoms with E-state index in [-0.39, 0.29) is 11.3 Å². The van der Waals surface area contributed by atoms with Gasteiger partial charge in [0.05, 0.1) is 16.4 Å².